The second-order valence-corrected chi connectivity index (χ2v) is 11.1. The van der Waals surface area contributed by atoms with Crippen LogP contribution in [0.25, 0.3) is 0 Å². The molecule has 1 saturated carbocycles. The summed E-state index contributed by atoms with van der Waals surface area (Å²) in [5.74, 6) is 1.23. The van der Waals surface area contributed by atoms with Crippen LogP contribution in [-0.2, 0) is 17.8 Å². The van der Waals surface area contributed by atoms with Crippen molar-refractivity contribution in [3.8, 4) is 5.75 Å². The normalized spacial score (nSPS) is 18.7. The summed E-state index contributed by atoms with van der Waals surface area (Å²) in [4.78, 5) is 18.1. The van der Waals surface area contributed by atoms with Gasteiger partial charge in [-0.25, -0.2) is 0 Å². The van der Waals surface area contributed by atoms with Crippen molar-refractivity contribution in [1.29, 1.82) is 0 Å². The maximum atomic E-state index is 13.4. The van der Waals surface area contributed by atoms with Crippen molar-refractivity contribution < 1.29 is 9.53 Å². The second kappa shape index (κ2) is 11.1. The number of nitrogens with zero attached hydrogens (tertiary/aromatic N) is 2. The summed E-state index contributed by atoms with van der Waals surface area (Å²) in [5, 5.41) is 3.69. The van der Waals surface area contributed by atoms with Gasteiger partial charge in [0.15, 0.2) is 0 Å². The third kappa shape index (κ3) is 6.25. The number of hydrogen-bond acceptors (Lipinski definition) is 4. The van der Waals surface area contributed by atoms with Crippen LogP contribution < -0.4 is 10.1 Å². The summed E-state index contributed by atoms with van der Waals surface area (Å²) in [6.07, 6.45) is 2.91. The Hall–Kier alpha value is -2.37. The molecule has 1 unspecified atom stereocenters. The van der Waals surface area contributed by atoms with Crippen LogP contribution in [0.15, 0.2) is 48.5 Å². The van der Waals surface area contributed by atoms with Gasteiger partial charge in [0.25, 0.3) is 0 Å². The van der Waals surface area contributed by atoms with E-state index < -0.39 is 0 Å². The molecule has 2 aromatic carbocycles. The highest BCUT2D eigenvalue weighted by molar-refractivity contribution is 5.85. The summed E-state index contributed by atoms with van der Waals surface area (Å²) >= 11 is 0. The molecular weight excluding hydrogens is 434 g/mol. The molecule has 4 rings (SSSR count). The van der Waals surface area contributed by atoms with Gasteiger partial charge >= 0.3 is 0 Å². The fraction of sp³-hybridized carbons (Fsp3) is 0.567. The third-order valence-corrected chi connectivity index (χ3v) is 7.71. The van der Waals surface area contributed by atoms with Gasteiger partial charge in [0.2, 0.25) is 5.91 Å². The third-order valence-electron chi connectivity index (χ3n) is 7.71. The van der Waals surface area contributed by atoms with E-state index in [1.807, 2.05) is 18.2 Å². The Balaban J connectivity index is 1.46. The van der Waals surface area contributed by atoms with Gasteiger partial charge in [0.1, 0.15) is 12.4 Å². The molecule has 2 aromatic rings. The lowest BCUT2D eigenvalue weighted by atomic mass is 9.90. The monoisotopic (exact) mass is 477 g/mol. The standard InChI is InChI=1S/C30H43N3O2/c1-22(2)32(23(3)4)18-16-31-20-28-27-12-11-26(35-21-24-9-7-6-8-10-24)19-25(27)13-17-33(28)29(34)30(5)14-15-30/h6-12,19,22-23,28,31H,13-18,20-21H2,1-5H3. The van der Waals surface area contributed by atoms with Crippen LogP contribution in [0.2, 0.25) is 0 Å². The number of ether oxygens (including phenoxy) is 1. The van der Waals surface area contributed by atoms with E-state index in [-0.39, 0.29) is 11.5 Å². The molecule has 0 aromatic heterocycles. The Bertz CT molecular complexity index is 976. The molecule has 1 atom stereocenters. The fourth-order valence-corrected chi connectivity index (χ4v) is 5.29. The molecule has 35 heavy (non-hydrogen) atoms. The molecule has 5 heteroatoms. The quantitative estimate of drug-likeness (QED) is 0.452. The smallest absolute Gasteiger partial charge is 0.229 e. The van der Waals surface area contributed by atoms with Gasteiger partial charge in [-0.2, -0.15) is 0 Å². The molecule has 1 amide bonds. The maximum Gasteiger partial charge on any atom is 0.229 e. The van der Waals surface area contributed by atoms with Crippen molar-refractivity contribution in [2.24, 2.45) is 5.41 Å². The Morgan fingerprint density at radius 2 is 1.83 bits per heavy atom. The molecule has 2 aliphatic rings. The number of nitrogens with one attached hydrogen (secondary N) is 1. The van der Waals surface area contributed by atoms with Crippen LogP contribution >= 0.6 is 0 Å². The summed E-state index contributed by atoms with van der Waals surface area (Å²) in [7, 11) is 0. The van der Waals surface area contributed by atoms with E-state index in [1.54, 1.807) is 0 Å². The van der Waals surface area contributed by atoms with Crippen LogP contribution in [0.5, 0.6) is 5.75 Å². The highest BCUT2D eigenvalue weighted by Crippen LogP contribution is 2.48. The van der Waals surface area contributed by atoms with Crippen molar-refractivity contribution in [3.63, 3.8) is 0 Å². The van der Waals surface area contributed by atoms with Crippen molar-refractivity contribution in [1.82, 2.24) is 15.1 Å². The van der Waals surface area contributed by atoms with Crippen LogP contribution in [-0.4, -0.2) is 54.0 Å². The van der Waals surface area contributed by atoms with Gasteiger partial charge in [0, 0.05) is 43.7 Å². The molecule has 1 N–H and O–H groups in total. The van der Waals surface area contributed by atoms with E-state index in [9.17, 15) is 4.79 Å². The molecule has 1 heterocycles. The van der Waals surface area contributed by atoms with E-state index in [0.29, 0.717) is 24.6 Å². The van der Waals surface area contributed by atoms with Gasteiger partial charge in [-0.1, -0.05) is 43.3 Å². The van der Waals surface area contributed by atoms with Crippen molar-refractivity contribution in [3.05, 3.63) is 65.2 Å². The van der Waals surface area contributed by atoms with Gasteiger partial charge < -0.3 is 15.0 Å². The van der Waals surface area contributed by atoms with E-state index in [4.69, 9.17) is 4.74 Å². The summed E-state index contributed by atoms with van der Waals surface area (Å²) < 4.78 is 6.10. The fourth-order valence-electron chi connectivity index (χ4n) is 5.29. The first-order chi connectivity index (χ1) is 16.8. The lowest BCUT2D eigenvalue weighted by Gasteiger charge is -2.39. The SMILES string of the molecule is CC(C)N(CCNCC1c2ccc(OCc3ccccc3)cc2CCN1C(=O)C1(C)CC1)C(C)C. The molecule has 1 aliphatic carbocycles. The first-order valence-electron chi connectivity index (χ1n) is 13.4. The van der Waals surface area contributed by atoms with Crippen molar-refractivity contribution in [2.75, 3.05) is 26.2 Å². The zero-order valence-electron chi connectivity index (χ0n) is 22.2. The number of fused-ring (bicyclic) bond motifs is 1. The molecule has 1 aliphatic heterocycles. The number of amides is 1. The molecule has 0 bridgehead atoms. The summed E-state index contributed by atoms with van der Waals surface area (Å²) in [6.45, 7) is 15.2. The lowest BCUT2D eigenvalue weighted by Crippen LogP contribution is -2.48. The van der Waals surface area contributed by atoms with Crippen LogP contribution in [0.3, 0.4) is 0 Å². The minimum absolute atomic E-state index is 0.0680. The van der Waals surface area contributed by atoms with Crippen LogP contribution in [0.4, 0.5) is 0 Å². The summed E-state index contributed by atoms with van der Waals surface area (Å²) in [6, 6.07) is 17.8. The highest BCUT2D eigenvalue weighted by atomic mass is 16.5. The van der Waals surface area contributed by atoms with Gasteiger partial charge in [-0.15, -0.1) is 0 Å². The Kier molecular flexibility index (Phi) is 8.18. The molecule has 190 valence electrons. The predicted octanol–water partition coefficient (Wildman–Crippen LogP) is 5.20. The Morgan fingerprint density at radius 3 is 2.49 bits per heavy atom. The Labute approximate surface area is 211 Å². The first kappa shape index (κ1) is 25.7. The Morgan fingerprint density at radius 1 is 1.11 bits per heavy atom. The topological polar surface area (TPSA) is 44.8 Å². The van der Waals surface area contributed by atoms with Crippen molar-refractivity contribution in [2.45, 2.75) is 78.6 Å². The van der Waals surface area contributed by atoms with Crippen LogP contribution in [0, 0.1) is 5.41 Å². The lowest BCUT2D eigenvalue weighted by molar-refractivity contribution is -0.139. The number of carbonyl (C=O) groups excluding carboxylic acids is 1. The molecule has 0 saturated heterocycles. The minimum atomic E-state index is -0.152. The first-order valence-corrected chi connectivity index (χ1v) is 13.4. The maximum absolute atomic E-state index is 13.4. The zero-order valence-corrected chi connectivity index (χ0v) is 22.2. The molecule has 0 spiro atoms. The molecule has 5 nitrogen and oxygen atoms in total. The number of benzene rings is 2. The molecule has 0 radical (unpaired) electrons. The number of carbonyl (C=O) groups is 1. The number of hydrogen-bond donors (Lipinski definition) is 1. The largest absolute Gasteiger partial charge is 0.489 e. The average molecular weight is 478 g/mol. The molecular formula is C30H43N3O2. The van der Waals surface area contributed by atoms with Crippen LogP contribution in [0.1, 0.15) is 70.2 Å². The van der Waals surface area contributed by atoms with Gasteiger partial charge in [0.05, 0.1) is 6.04 Å². The molecule has 1 fully saturated rings. The van der Waals surface area contributed by atoms with E-state index in [0.717, 1.165) is 51.2 Å². The minimum Gasteiger partial charge on any atom is -0.489 e. The highest BCUT2D eigenvalue weighted by Gasteiger charge is 2.49. The second-order valence-electron chi connectivity index (χ2n) is 11.1. The van der Waals surface area contributed by atoms with Gasteiger partial charge in [-0.3, -0.25) is 9.69 Å². The number of rotatable bonds is 11. The van der Waals surface area contributed by atoms with E-state index in [2.05, 4.69) is 80.1 Å². The predicted molar refractivity (Wildman–Crippen MR) is 143 cm³/mol. The van der Waals surface area contributed by atoms with Gasteiger partial charge in [-0.05, 0) is 75.8 Å². The van der Waals surface area contributed by atoms with Crippen molar-refractivity contribution >= 4 is 5.91 Å². The summed E-state index contributed by atoms with van der Waals surface area (Å²) in [5.41, 5.74) is 3.58. The van der Waals surface area contributed by atoms with E-state index in [1.165, 1.54) is 16.7 Å². The average Bonchev–Trinajstić information content (AvgIpc) is 3.60. The van der Waals surface area contributed by atoms with E-state index >= 15 is 0 Å². The zero-order chi connectivity index (χ0) is 25.0.